The zero-order valence-corrected chi connectivity index (χ0v) is 24.0. The van der Waals surface area contributed by atoms with Gasteiger partial charge in [-0.2, -0.15) is 0 Å². The number of fused-ring (bicyclic) bond motifs is 3. The van der Waals surface area contributed by atoms with Gasteiger partial charge in [-0.05, 0) is 73.5 Å². The van der Waals surface area contributed by atoms with E-state index in [0.29, 0.717) is 0 Å². The molecule has 8 heteroatoms. The van der Waals surface area contributed by atoms with Crippen LogP contribution in [0, 0.1) is 0 Å². The molecule has 0 radical (unpaired) electrons. The van der Waals surface area contributed by atoms with Crippen molar-refractivity contribution in [2.24, 2.45) is 0 Å². The molecule has 0 aliphatic carbocycles. The van der Waals surface area contributed by atoms with Gasteiger partial charge in [-0.1, -0.05) is 50.1 Å². The summed E-state index contributed by atoms with van der Waals surface area (Å²) in [7, 11) is 0. The van der Waals surface area contributed by atoms with Crippen LogP contribution in [-0.2, 0) is 14.2 Å². The monoisotopic (exact) mass is 636 g/mol. The zero-order valence-electron chi connectivity index (χ0n) is 20.8. The summed E-state index contributed by atoms with van der Waals surface area (Å²) in [6.45, 7) is 3.82. The molecule has 3 aromatic carbocycles. The maximum absolute atomic E-state index is 6.75. The number of aromatic amines is 2. The lowest BCUT2D eigenvalue weighted by molar-refractivity contribution is -0.214. The van der Waals surface area contributed by atoms with Crippen molar-refractivity contribution in [3.63, 3.8) is 0 Å². The normalized spacial score (nSPS) is 24.4. The van der Waals surface area contributed by atoms with E-state index in [1.807, 2.05) is 56.3 Å². The molecule has 5 aromatic rings. The fraction of sp³-hybridized carbons (Fsp3) is 0.267. The van der Waals surface area contributed by atoms with Crippen LogP contribution in [0.4, 0.5) is 0 Å². The molecule has 2 aliphatic rings. The number of aromatic nitrogens is 2. The number of para-hydroxylation sites is 1. The van der Waals surface area contributed by atoms with Crippen LogP contribution in [0.25, 0.3) is 21.8 Å². The summed E-state index contributed by atoms with van der Waals surface area (Å²) in [6, 6.07) is 22.4. The minimum Gasteiger partial charge on any atom is -0.485 e. The molecule has 2 fully saturated rings. The summed E-state index contributed by atoms with van der Waals surface area (Å²) in [6.07, 6.45) is 2.44. The third-order valence-electron chi connectivity index (χ3n) is 7.39. The van der Waals surface area contributed by atoms with Gasteiger partial charge in [0, 0.05) is 49.1 Å². The predicted octanol–water partition coefficient (Wildman–Crippen LogP) is 7.63. The quantitative estimate of drug-likeness (QED) is 0.208. The van der Waals surface area contributed by atoms with Gasteiger partial charge >= 0.3 is 0 Å². The minimum absolute atomic E-state index is 0.185. The van der Waals surface area contributed by atoms with Crippen molar-refractivity contribution >= 4 is 53.7 Å². The molecule has 4 atom stereocenters. The van der Waals surface area contributed by atoms with E-state index in [-0.39, 0.29) is 12.0 Å². The summed E-state index contributed by atoms with van der Waals surface area (Å²) >= 11 is 7.34. The molecule has 0 spiro atoms. The second-order valence-corrected chi connectivity index (χ2v) is 12.1. The molecule has 4 unspecified atom stereocenters. The van der Waals surface area contributed by atoms with Gasteiger partial charge < -0.3 is 28.9 Å². The zero-order chi connectivity index (χ0) is 26.0. The topological polar surface area (TPSA) is 68.5 Å². The van der Waals surface area contributed by atoms with E-state index in [1.165, 1.54) is 0 Å². The van der Waals surface area contributed by atoms with Gasteiger partial charge in [0.15, 0.2) is 24.3 Å². The molecule has 2 aliphatic heterocycles. The highest BCUT2D eigenvalue weighted by atomic mass is 79.9. The van der Waals surface area contributed by atoms with E-state index in [9.17, 15) is 0 Å². The Kier molecular flexibility index (Phi) is 5.94. The van der Waals surface area contributed by atoms with Crippen LogP contribution in [0.1, 0.15) is 30.9 Å². The molecule has 7 rings (SSSR count). The number of rotatable bonds is 5. The Balaban J connectivity index is 1.41. The van der Waals surface area contributed by atoms with Crippen molar-refractivity contribution in [2.75, 3.05) is 0 Å². The molecule has 0 bridgehead atoms. The molecule has 194 valence electrons. The standard InChI is InChI=1S/C30H26Br2N2O4/c1-30(2)37-28-27(35-18-6-4-3-5-7-18)26(36-29(28)38-30)25(21-14-33-23-10-8-16(31)12-19(21)23)22-15-34-24-11-9-17(32)13-20(22)24/h3-15,25-29,33-34H,1-2H3. The molecule has 2 aromatic heterocycles. The molecule has 6 nitrogen and oxygen atoms in total. The van der Waals surface area contributed by atoms with E-state index >= 15 is 0 Å². The highest BCUT2D eigenvalue weighted by Gasteiger charge is 2.58. The SMILES string of the molecule is CC1(C)OC2OC(C(c3c[nH]c4ccc(Br)cc34)c3c[nH]c4ccc(Br)cc34)C(Oc3ccccc3)C2O1. The van der Waals surface area contributed by atoms with Crippen LogP contribution < -0.4 is 4.74 Å². The molecule has 2 N–H and O–H groups in total. The lowest BCUT2D eigenvalue weighted by Crippen LogP contribution is -2.42. The van der Waals surface area contributed by atoms with Gasteiger partial charge in [0.05, 0.1) is 0 Å². The molecular formula is C30H26Br2N2O4. The summed E-state index contributed by atoms with van der Waals surface area (Å²) in [5.74, 6) is -0.177. The fourth-order valence-electron chi connectivity index (χ4n) is 5.83. The van der Waals surface area contributed by atoms with Crippen LogP contribution in [0.5, 0.6) is 5.75 Å². The van der Waals surface area contributed by atoms with Crippen LogP contribution in [-0.4, -0.2) is 40.4 Å². The Morgan fingerprint density at radius 2 is 1.42 bits per heavy atom. The lowest BCUT2D eigenvalue weighted by Gasteiger charge is -2.31. The van der Waals surface area contributed by atoms with E-state index < -0.39 is 24.3 Å². The van der Waals surface area contributed by atoms with Crippen LogP contribution in [0.3, 0.4) is 0 Å². The van der Waals surface area contributed by atoms with E-state index in [1.54, 1.807) is 0 Å². The number of ether oxygens (including phenoxy) is 4. The van der Waals surface area contributed by atoms with Crippen LogP contribution in [0.15, 0.2) is 88.1 Å². The smallest absolute Gasteiger partial charge is 0.191 e. The average molecular weight is 638 g/mol. The molecule has 4 heterocycles. The van der Waals surface area contributed by atoms with E-state index in [0.717, 1.165) is 47.6 Å². The van der Waals surface area contributed by atoms with Crippen molar-refractivity contribution in [3.8, 4) is 5.75 Å². The Morgan fingerprint density at radius 1 is 0.816 bits per heavy atom. The molecule has 38 heavy (non-hydrogen) atoms. The van der Waals surface area contributed by atoms with Gasteiger partial charge in [0.25, 0.3) is 0 Å². The van der Waals surface area contributed by atoms with Gasteiger partial charge in [-0.15, -0.1) is 0 Å². The Labute approximate surface area is 236 Å². The van der Waals surface area contributed by atoms with Crippen LogP contribution in [0.2, 0.25) is 0 Å². The summed E-state index contributed by atoms with van der Waals surface area (Å²) in [5.41, 5.74) is 4.35. The van der Waals surface area contributed by atoms with Gasteiger partial charge in [-0.3, -0.25) is 0 Å². The Hall–Kier alpha value is -2.62. The van der Waals surface area contributed by atoms with Gasteiger partial charge in [0.1, 0.15) is 11.9 Å². The van der Waals surface area contributed by atoms with E-state index in [4.69, 9.17) is 18.9 Å². The third kappa shape index (κ3) is 4.19. The number of benzene rings is 3. The fourth-order valence-corrected chi connectivity index (χ4v) is 6.55. The Morgan fingerprint density at radius 3 is 2.03 bits per heavy atom. The second kappa shape index (κ2) is 9.24. The molecule has 0 amide bonds. The number of H-pyrrole nitrogens is 2. The molecule has 0 saturated carbocycles. The minimum atomic E-state index is -0.759. The number of nitrogens with one attached hydrogen (secondary N) is 2. The van der Waals surface area contributed by atoms with Crippen molar-refractivity contribution in [1.29, 1.82) is 0 Å². The van der Waals surface area contributed by atoms with Crippen molar-refractivity contribution in [2.45, 2.75) is 50.2 Å². The van der Waals surface area contributed by atoms with Gasteiger partial charge in [0.2, 0.25) is 0 Å². The predicted molar refractivity (Wildman–Crippen MR) is 153 cm³/mol. The summed E-state index contributed by atoms with van der Waals surface area (Å²) in [4.78, 5) is 6.94. The van der Waals surface area contributed by atoms with Crippen LogP contribution >= 0.6 is 31.9 Å². The number of hydrogen-bond acceptors (Lipinski definition) is 4. The first kappa shape index (κ1) is 24.4. The summed E-state index contributed by atoms with van der Waals surface area (Å²) < 4.78 is 28.1. The highest BCUT2D eigenvalue weighted by molar-refractivity contribution is 9.10. The first-order valence-electron chi connectivity index (χ1n) is 12.6. The largest absolute Gasteiger partial charge is 0.485 e. The van der Waals surface area contributed by atoms with Crippen molar-refractivity contribution in [3.05, 3.63) is 99.2 Å². The molecule has 2 saturated heterocycles. The average Bonchev–Trinajstić information content (AvgIpc) is 3.63. The first-order chi connectivity index (χ1) is 18.4. The number of hydrogen-bond donors (Lipinski definition) is 2. The second-order valence-electron chi connectivity index (χ2n) is 10.3. The number of halogens is 2. The summed E-state index contributed by atoms with van der Waals surface area (Å²) in [5, 5.41) is 2.24. The highest BCUT2D eigenvalue weighted by Crippen LogP contribution is 2.48. The first-order valence-corrected chi connectivity index (χ1v) is 14.2. The third-order valence-corrected chi connectivity index (χ3v) is 8.38. The molecular weight excluding hydrogens is 612 g/mol. The van der Waals surface area contributed by atoms with Gasteiger partial charge in [-0.25, -0.2) is 0 Å². The maximum Gasteiger partial charge on any atom is 0.191 e. The van der Waals surface area contributed by atoms with E-state index in [2.05, 4.69) is 78.5 Å². The Bertz CT molecular complexity index is 1550. The van der Waals surface area contributed by atoms with Crippen molar-refractivity contribution in [1.82, 2.24) is 9.97 Å². The van der Waals surface area contributed by atoms with Crippen molar-refractivity contribution < 1.29 is 18.9 Å². The maximum atomic E-state index is 6.75. The lowest BCUT2D eigenvalue weighted by atomic mass is 9.83.